The van der Waals surface area contributed by atoms with Crippen molar-refractivity contribution in [2.45, 2.75) is 24.5 Å². The van der Waals surface area contributed by atoms with E-state index in [-0.39, 0.29) is 17.1 Å². The van der Waals surface area contributed by atoms with Crippen molar-refractivity contribution in [3.8, 4) is 0 Å². The average molecular weight is 374 g/mol. The van der Waals surface area contributed by atoms with Gasteiger partial charge in [0.05, 0.1) is 15.4 Å². The number of sulfonamides is 1. The van der Waals surface area contributed by atoms with Gasteiger partial charge >= 0.3 is 6.18 Å². The molecule has 6 nitrogen and oxygen atoms in total. The van der Waals surface area contributed by atoms with Crippen LogP contribution in [0.3, 0.4) is 0 Å². The maximum Gasteiger partial charge on any atom is 0.416 e. The molecule has 0 aliphatic rings. The smallest absolute Gasteiger partial charge is 0.258 e. The molecule has 2 aromatic rings. The number of alkyl halides is 3. The molecule has 0 amide bonds. The molecular formula is C15H13F3N2O4S. The van der Waals surface area contributed by atoms with E-state index in [1.165, 1.54) is 19.1 Å². The third-order valence-corrected chi connectivity index (χ3v) is 4.83. The minimum absolute atomic E-state index is 0.248. The van der Waals surface area contributed by atoms with Gasteiger partial charge in [-0.3, -0.25) is 10.1 Å². The maximum absolute atomic E-state index is 12.5. The normalized spacial score (nSPS) is 12.2. The second kappa shape index (κ2) is 6.81. The van der Waals surface area contributed by atoms with E-state index < -0.39 is 26.7 Å². The summed E-state index contributed by atoms with van der Waals surface area (Å²) in [6, 6.07) is 7.47. The zero-order valence-corrected chi connectivity index (χ0v) is 13.7. The van der Waals surface area contributed by atoms with Crippen LogP contribution in [0.4, 0.5) is 18.9 Å². The lowest BCUT2D eigenvalue weighted by atomic mass is 10.1. The molecule has 0 fully saturated rings. The van der Waals surface area contributed by atoms with E-state index in [2.05, 4.69) is 4.72 Å². The first-order chi connectivity index (χ1) is 11.5. The molecule has 10 heteroatoms. The first-order valence-corrected chi connectivity index (χ1v) is 8.40. The topological polar surface area (TPSA) is 89.3 Å². The zero-order chi connectivity index (χ0) is 18.8. The van der Waals surface area contributed by atoms with E-state index in [9.17, 15) is 31.7 Å². The monoisotopic (exact) mass is 374 g/mol. The largest absolute Gasteiger partial charge is 0.416 e. The molecule has 25 heavy (non-hydrogen) atoms. The molecule has 0 aromatic heterocycles. The number of hydrogen-bond acceptors (Lipinski definition) is 4. The van der Waals surface area contributed by atoms with Crippen molar-refractivity contribution in [2.75, 3.05) is 0 Å². The van der Waals surface area contributed by atoms with Gasteiger partial charge in [-0.25, -0.2) is 13.1 Å². The molecule has 0 bridgehead atoms. The van der Waals surface area contributed by atoms with Crippen LogP contribution in [0.2, 0.25) is 0 Å². The van der Waals surface area contributed by atoms with Gasteiger partial charge in [0.25, 0.3) is 5.69 Å². The molecule has 0 unspecified atom stereocenters. The van der Waals surface area contributed by atoms with Crippen LogP contribution in [-0.4, -0.2) is 13.3 Å². The second-order valence-corrected chi connectivity index (χ2v) is 6.99. The zero-order valence-electron chi connectivity index (χ0n) is 12.9. The number of hydrogen-bond donors (Lipinski definition) is 1. The summed E-state index contributed by atoms with van der Waals surface area (Å²) in [7, 11) is -4.05. The molecular weight excluding hydrogens is 361 g/mol. The van der Waals surface area contributed by atoms with Gasteiger partial charge in [0.2, 0.25) is 10.0 Å². The molecule has 2 aromatic carbocycles. The highest BCUT2D eigenvalue weighted by molar-refractivity contribution is 7.89. The quantitative estimate of drug-likeness (QED) is 0.642. The summed E-state index contributed by atoms with van der Waals surface area (Å²) in [4.78, 5) is 9.91. The summed E-state index contributed by atoms with van der Waals surface area (Å²) in [5.41, 5.74) is -0.546. The lowest BCUT2D eigenvalue weighted by molar-refractivity contribution is -0.385. The van der Waals surface area contributed by atoms with Gasteiger partial charge in [-0.2, -0.15) is 13.2 Å². The Balaban J connectivity index is 2.17. The lowest BCUT2D eigenvalue weighted by Gasteiger charge is -2.09. The molecule has 0 radical (unpaired) electrons. The Morgan fingerprint density at radius 1 is 1.12 bits per heavy atom. The van der Waals surface area contributed by atoms with Gasteiger partial charge in [0, 0.05) is 18.2 Å². The van der Waals surface area contributed by atoms with Crippen LogP contribution in [0, 0.1) is 17.0 Å². The molecule has 0 saturated heterocycles. The summed E-state index contributed by atoms with van der Waals surface area (Å²) >= 11 is 0. The lowest BCUT2D eigenvalue weighted by Crippen LogP contribution is -2.23. The van der Waals surface area contributed by atoms with Gasteiger partial charge in [-0.1, -0.05) is 18.2 Å². The van der Waals surface area contributed by atoms with Gasteiger partial charge in [-0.05, 0) is 30.7 Å². The summed E-state index contributed by atoms with van der Waals surface area (Å²) in [5.74, 6) is 0. The number of benzene rings is 2. The van der Waals surface area contributed by atoms with Crippen LogP contribution in [0.15, 0.2) is 47.4 Å². The Labute approximate surface area is 141 Å². The fraction of sp³-hybridized carbons (Fsp3) is 0.200. The third kappa shape index (κ3) is 4.54. The molecule has 0 heterocycles. The number of nitrogens with one attached hydrogen (secondary N) is 1. The minimum Gasteiger partial charge on any atom is -0.258 e. The van der Waals surface area contributed by atoms with Crippen LogP contribution in [0.5, 0.6) is 0 Å². The molecule has 1 N–H and O–H groups in total. The fourth-order valence-corrected chi connectivity index (χ4v) is 3.06. The van der Waals surface area contributed by atoms with E-state index in [1.54, 1.807) is 0 Å². The van der Waals surface area contributed by atoms with Crippen molar-refractivity contribution < 1.29 is 26.5 Å². The highest BCUT2D eigenvalue weighted by Gasteiger charge is 2.30. The predicted molar refractivity (Wildman–Crippen MR) is 83.3 cm³/mol. The molecule has 2 rings (SSSR count). The first kappa shape index (κ1) is 18.9. The van der Waals surface area contributed by atoms with E-state index >= 15 is 0 Å². The van der Waals surface area contributed by atoms with Crippen molar-refractivity contribution in [3.63, 3.8) is 0 Å². The Kier molecular flexibility index (Phi) is 5.14. The number of nitrogens with zero attached hydrogens (tertiary/aromatic N) is 1. The Morgan fingerprint density at radius 3 is 2.24 bits per heavy atom. The van der Waals surface area contributed by atoms with Gasteiger partial charge in [0.1, 0.15) is 0 Å². The van der Waals surface area contributed by atoms with Crippen LogP contribution >= 0.6 is 0 Å². The number of rotatable bonds is 5. The van der Waals surface area contributed by atoms with Crippen LogP contribution in [0.1, 0.15) is 16.7 Å². The molecule has 0 aliphatic heterocycles. The van der Waals surface area contributed by atoms with Gasteiger partial charge in [-0.15, -0.1) is 0 Å². The number of nitro benzene ring substituents is 1. The van der Waals surface area contributed by atoms with Gasteiger partial charge < -0.3 is 0 Å². The molecule has 134 valence electrons. The van der Waals surface area contributed by atoms with Crippen molar-refractivity contribution in [1.82, 2.24) is 4.72 Å². The summed E-state index contributed by atoms with van der Waals surface area (Å²) in [5, 5.41) is 10.9. The molecule has 0 spiro atoms. The van der Waals surface area contributed by atoms with Crippen molar-refractivity contribution >= 4 is 15.7 Å². The molecule has 0 atom stereocenters. The fourth-order valence-electron chi connectivity index (χ4n) is 2.03. The number of halogens is 3. The maximum atomic E-state index is 12.5. The van der Waals surface area contributed by atoms with E-state index in [0.717, 1.165) is 30.3 Å². The Hall–Kier alpha value is -2.46. The van der Waals surface area contributed by atoms with E-state index in [0.29, 0.717) is 11.1 Å². The van der Waals surface area contributed by atoms with Crippen molar-refractivity contribution in [2.24, 2.45) is 0 Å². The van der Waals surface area contributed by atoms with Crippen molar-refractivity contribution in [1.29, 1.82) is 0 Å². The predicted octanol–water partition coefficient (Wildman–Crippen LogP) is 3.40. The number of aryl methyl sites for hydroxylation is 1. The van der Waals surface area contributed by atoms with Gasteiger partial charge in [0.15, 0.2) is 0 Å². The first-order valence-electron chi connectivity index (χ1n) is 6.91. The number of nitro groups is 1. The van der Waals surface area contributed by atoms with E-state index in [4.69, 9.17) is 0 Å². The highest BCUT2D eigenvalue weighted by atomic mass is 32.2. The average Bonchev–Trinajstić information content (AvgIpc) is 2.52. The standard InChI is InChI=1S/C15H13F3N2O4S/c1-10-2-7-13(8-14(10)20(21)22)25(23,24)19-9-11-3-5-12(6-4-11)15(16,17)18/h2-8,19H,9H2,1H3. The van der Waals surface area contributed by atoms with Crippen LogP contribution in [0.25, 0.3) is 0 Å². The molecule has 0 aliphatic carbocycles. The molecule has 0 saturated carbocycles. The third-order valence-electron chi connectivity index (χ3n) is 3.44. The summed E-state index contributed by atoms with van der Waals surface area (Å²) in [6.07, 6.45) is -4.47. The second-order valence-electron chi connectivity index (χ2n) is 5.22. The Bertz CT molecular complexity index is 894. The Morgan fingerprint density at radius 2 is 1.72 bits per heavy atom. The van der Waals surface area contributed by atoms with Crippen molar-refractivity contribution in [3.05, 3.63) is 69.3 Å². The van der Waals surface area contributed by atoms with Crippen LogP contribution in [-0.2, 0) is 22.7 Å². The SMILES string of the molecule is Cc1ccc(S(=O)(=O)NCc2ccc(C(F)(F)F)cc2)cc1[N+](=O)[O-]. The highest BCUT2D eigenvalue weighted by Crippen LogP contribution is 2.29. The van der Waals surface area contributed by atoms with Crippen LogP contribution < -0.4 is 4.72 Å². The minimum atomic E-state index is -4.47. The summed E-state index contributed by atoms with van der Waals surface area (Å²) in [6.45, 7) is 1.23. The van der Waals surface area contributed by atoms with E-state index in [1.807, 2.05) is 0 Å². The summed E-state index contributed by atoms with van der Waals surface area (Å²) < 4.78 is 64.1.